The number of hydrogen-bond acceptors (Lipinski definition) is 5. The van der Waals surface area contributed by atoms with E-state index in [2.05, 4.69) is 9.97 Å². The molecule has 6 nitrogen and oxygen atoms in total. The Morgan fingerprint density at radius 2 is 1.55 bits per heavy atom. The molecule has 0 unspecified atom stereocenters. The van der Waals surface area contributed by atoms with Crippen LogP contribution in [0.2, 0.25) is 0 Å². The molecular formula is C22H28N2O4S. The van der Waals surface area contributed by atoms with Crippen molar-refractivity contribution < 1.29 is 14.6 Å². The average molecular weight is 417 g/mol. The third-order valence-corrected chi connectivity index (χ3v) is 4.72. The van der Waals surface area contributed by atoms with Gasteiger partial charge in [0.2, 0.25) is 0 Å². The third kappa shape index (κ3) is 5.23. The molecule has 1 aromatic carbocycles. The first-order chi connectivity index (χ1) is 13.2. The second kappa shape index (κ2) is 7.99. The Balaban J connectivity index is 2.84. The van der Waals surface area contributed by atoms with Crippen molar-refractivity contribution in [2.24, 2.45) is 0 Å². The van der Waals surface area contributed by atoms with Gasteiger partial charge in [0.05, 0.1) is 18.4 Å². The highest BCUT2D eigenvalue weighted by molar-refractivity contribution is 7.71. The first kappa shape index (κ1) is 22.6. The molecule has 1 aromatic heterocycles. The van der Waals surface area contributed by atoms with Crippen LogP contribution in [0.3, 0.4) is 0 Å². The molecular weight excluding hydrogens is 388 g/mol. The molecule has 1 heterocycles. The maximum atomic E-state index is 12.5. The Morgan fingerprint density at radius 3 is 1.97 bits per heavy atom. The molecule has 2 aromatic rings. The lowest BCUT2D eigenvalue weighted by molar-refractivity contribution is -0.133. The van der Waals surface area contributed by atoms with Crippen molar-refractivity contribution >= 4 is 29.8 Å². The van der Waals surface area contributed by atoms with Crippen molar-refractivity contribution in [2.45, 2.75) is 52.4 Å². The zero-order valence-electron chi connectivity index (χ0n) is 17.9. The Kier molecular flexibility index (Phi) is 6.23. The van der Waals surface area contributed by atoms with Crippen LogP contribution in [0.25, 0.3) is 11.6 Å². The predicted octanol–water partition coefficient (Wildman–Crippen LogP) is 4.45. The number of H-pyrrole nitrogens is 2. The van der Waals surface area contributed by atoms with E-state index in [0.29, 0.717) is 5.56 Å². The zero-order chi connectivity index (χ0) is 22.1. The summed E-state index contributed by atoms with van der Waals surface area (Å²) in [6.45, 7) is 12.1. The van der Waals surface area contributed by atoms with Gasteiger partial charge in [-0.25, -0.2) is 4.79 Å². The fourth-order valence-electron chi connectivity index (χ4n) is 3.02. The normalized spacial score (nSPS) is 12.7. The summed E-state index contributed by atoms with van der Waals surface area (Å²) in [5.41, 5.74) is 1.60. The molecule has 0 saturated carbocycles. The van der Waals surface area contributed by atoms with Crippen LogP contribution in [0.1, 0.15) is 63.9 Å². The van der Waals surface area contributed by atoms with E-state index in [-0.39, 0.29) is 32.6 Å². The minimum absolute atomic E-state index is 0.110. The Labute approximate surface area is 175 Å². The lowest BCUT2D eigenvalue weighted by Gasteiger charge is -2.28. The lowest BCUT2D eigenvalue weighted by Crippen LogP contribution is -2.17. The average Bonchev–Trinajstić information content (AvgIpc) is 2.57. The number of phenols is 1. The number of rotatable bonds is 3. The zero-order valence-corrected chi connectivity index (χ0v) is 18.7. The van der Waals surface area contributed by atoms with Crippen molar-refractivity contribution in [1.29, 1.82) is 0 Å². The van der Waals surface area contributed by atoms with Gasteiger partial charge in [-0.1, -0.05) is 41.5 Å². The van der Waals surface area contributed by atoms with Crippen molar-refractivity contribution in [1.82, 2.24) is 9.97 Å². The Bertz CT molecular complexity index is 1020. The molecule has 0 aliphatic carbocycles. The molecule has 0 atom stereocenters. The summed E-state index contributed by atoms with van der Waals surface area (Å²) in [6.07, 6.45) is 1.63. The number of methoxy groups -OCH3 is 1. The van der Waals surface area contributed by atoms with Crippen LogP contribution < -0.4 is 5.56 Å². The first-order valence-electron chi connectivity index (χ1n) is 9.26. The molecule has 0 bridgehead atoms. The topological polar surface area (TPSA) is 95.2 Å². The minimum Gasteiger partial charge on any atom is -0.507 e. The van der Waals surface area contributed by atoms with E-state index in [1.807, 2.05) is 53.7 Å². The largest absolute Gasteiger partial charge is 0.507 e. The highest BCUT2D eigenvalue weighted by atomic mass is 32.1. The van der Waals surface area contributed by atoms with E-state index >= 15 is 0 Å². The summed E-state index contributed by atoms with van der Waals surface area (Å²) in [7, 11) is 1.27. The number of benzene rings is 1. The van der Waals surface area contributed by atoms with E-state index in [1.165, 1.54) is 13.2 Å². The van der Waals surface area contributed by atoms with E-state index in [9.17, 15) is 14.7 Å². The van der Waals surface area contributed by atoms with Crippen molar-refractivity contribution in [2.75, 3.05) is 7.11 Å². The van der Waals surface area contributed by atoms with Crippen molar-refractivity contribution in [3.63, 3.8) is 0 Å². The molecule has 3 N–H and O–H groups in total. The van der Waals surface area contributed by atoms with E-state index in [1.54, 1.807) is 6.08 Å². The lowest BCUT2D eigenvalue weighted by atomic mass is 9.78. The number of nitrogens with one attached hydrogen (secondary N) is 2. The molecule has 0 fully saturated rings. The number of ether oxygens (including phenoxy) is 1. The Hall–Kier alpha value is -2.67. The van der Waals surface area contributed by atoms with Gasteiger partial charge >= 0.3 is 5.97 Å². The minimum atomic E-state index is -0.607. The molecule has 0 spiro atoms. The van der Waals surface area contributed by atoms with E-state index in [0.717, 1.165) is 11.1 Å². The van der Waals surface area contributed by atoms with E-state index < -0.39 is 11.5 Å². The number of aromatic amines is 2. The summed E-state index contributed by atoms with van der Waals surface area (Å²) in [4.78, 5) is 29.6. The fraction of sp³-hybridized carbons (Fsp3) is 0.409. The molecule has 0 radical (unpaired) electrons. The maximum Gasteiger partial charge on any atom is 0.339 e. The van der Waals surface area contributed by atoms with Crippen LogP contribution in [0, 0.1) is 4.77 Å². The SMILES string of the molecule is COC(=O)/C(=C\c1cc(C(C)(C)C)c(O)c(C(C)(C)C)c1)c1cc(=O)[nH]c(=S)[nH]1. The molecule has 0 amide bonds. The van der Waals surface area contributed by atoms with Crippen LogP contribution in [-0.4, -0.2) is 28.2 Å². The van der Waals surface area contributed by atoms with Crippen molar-refractivity contribution in [3.8, 4) is 5.75 Å². The van der Waals surface area contributed by atoms with Gasteiger partial charge in [-0.05, 0) is 46.8 Å². The van der Waals surface area contributed by atoms with Crippen LogP contribution in [0.4, 0.5) is 0 Å². The highest BCUT2D eigenvalue weighted by Gasteiger charge is 2.26. The van der Waals surface area contributed by atoms with Crippen LogP contribution in [0.5, 0.6) is 5.75 Å². The summed E-state index contributed by atoms with van der Waals surface area (Å²) < 4.78 is 5.02. The summed E-state index contributed by atoms with van der Waals surface area (Å²) in [5, 5.41) is 10.9. The number of aromatic nitrogens is 2. The summed E-state index contributed by atoms with van der Waals surface area (Å²) in [5.74, 6) is -0.360. The number of esters is 1. The quantitative estimate of drug-likeness (QED) is 0.390. The van der Waals surface area contributed by atoms with Crippen molar-refractivity contribution in [3.05, 3.63) is 55.7 Å². The molecule has 0 aliphatic heterocycles. The number of hydrogen-bond donors (Lipinski definition) is 3. The third-order valence-electron chi connectivity index (χ3n) is 4.52. The number of carbonyl (C=O) groups is 1. The highest BCUT2D eigenvalue weighted by Crippen LogP contribution is 2.40. The first-order valence-corrected chi connectivity index (χ1v) is 9.67. The maximum absolute atomic E-state index is 12.5. The molecule has 7 heteroatoms. The molecule has 156 valence electrons. The van der Waals surface area contributed by atoms with Crippen LogP contribution >= 0.6 is 12.2 Å². The second-order valence-corrected chi connectivity index (χ2v) is 9.42. The smallest absolute Gasteiger partial charge is 0.339 e. The van der Waals surface area contributed by atoms with Gasteiger partial charge in [0, 0.05) is 17.2 Å². The van der Waals surface area contributed by atoms with Gasteiger partial charge in [-0.15, -0.1) is 0 Å². The number of carbonyl (C=O) groups excluding carboxylic acids is 1. The molecule has 2 rings (SSSR count). The number of phenolic OH excluding ortho intramolecular Hbond substituents is 1. The van der Waals surface area contributed by atoms with Crippen LogP contribution in [0.15, 0.2) is 23.0 Å². The van der Waals surface area contributed by atoms with Gasteiger partial charge in [0.1, 0.15) is 5.75 Å². The Morgan fingerprint density at radius 1 is 1.03 bits per heavy atom. The van der Waals surface area contributed by atoms with Gasteiger partial charge in [0.15, 0.2) is 4.77 Å². The summed E-state index contributed by atoms with van der Waals surface area (Å²) >= 11 is 5.03. The molecule has 0 saturated heterocycles. The second-order valence-electron chi connectivity index (χ2n) is 9.02. The van der Waals surface area contributed by atoms with Gasteiger partial charge in [-0.3, -0.25) is 9.78 Å². The number of aromatic hydroxyl groups is 1. The standard InChI is InChI=1S/C22H28N2O4S/c1-21(2,3)14-9-12(10-15(18(14)26)22(4,5)6)8-13(19(27)28-7)16-11-17(25)24-20(29)23-16/h8-11,26H,1-7H3,(H2,23,24,25,29)/b13-8-. The molecule has 0 aliphatic rings. The molecule has 29 heavy (non-hydrogen) atoms. The van der Waals surface area contributed by atoms with Gasteiger partial charge in [0.25, 0.3) is 5.56 Å². The van der Waals surface area contributed by atoms with Gasteiger partial charge < -0.3 is 14.8 Å². The van der Waals surface area contributed by atoms with Crippen LogP contribution in [-0.2, 0) is 20.4 Å². The van der Waals surface area contributed by atoms with E-state index in [4.69, 9.17) is 17.0 Å². The monoisotopic (exact) mass is 416 g/mol. The summed E-state index contributed by atoms with van der Waals surface area (Å²) in [6, 6.07) is 4.94. The fourth-order valence-corrected chi connectivity index (χ4v) is 3.23. The van der Waals surface area contributed by atoms with Gasteiger partial charge in [-0.2, -0.15) is 0 Å². The predicted molar refractivity (Wildman–Crippen MR) is 118 cm³/mol.